The van der Waals surface area contributed by atoms with E-state index in [1.54, 1.807) is 11.0 Å². The van der Waals surface area contributed by atoms with Crippen molar-refractivity contribution in [2.45, 2.75) is 38.4 Å². The first-order chi connectivity index (χ1) is 8.00. The summed E-state index contributed by atoms with van der Waals surface area (Å²) in [5, 5.41) is 0. The van der Waals surface area contributed by atoms with Gasteiger partial charge >= 0.3 is 0 Å². The van der Waals surface area contributed by atoms with Crippen molar-refractivity contribution in [2.75, 3.05) is 0 Å². The molecule has 1 amide bonds. The van der Waals surface area contributed by atoms with E-state index in [4.69, 9.17) is 5.73 Å². The van der Waals surface area contributed by atoms with Gasteiger partial charge in [-0.1, -0.05) is 12.1 Å². The van der Waals surface area contributed by atoms with Gasteiger partial charge in [-0.25, -0.2) is 4.39 Å². The summed E-state index contributed by atoms with van der Waals surface area (Å²) in [5.41, 5.74) is 6.77. The van der Waals surface area contributed by atoms with Gasteiger partial charge in [0, 0.05) is 18.5 Å². The number of likely N-dealkylation sites (tertiary alicyclic amines) is 1. The first kappa shape index (κ1) is 12.0. The van der Waals surface area contributed by atoms with Crippen molar-refractivity contribution in [3.63, 3.8) is 0 Å². The lowest BCUT2D eigenvalue weighted by molar-refractivity contribution is -0.130. The van der Waals surface area contributed by atoms with Crippen molar-refractivity contribution in [1.82, 2.24) is 4.90 Å². The summed E-state index contributed by atoms with van der Waals surface area (Å²) in [7, 11) is 0. The zero-order valence-electron chi connectivity index (χ0n) is 10.1. The number of rotatable bonds is 2. The molecule has 17 heavy (non-hydrogen) atoms. The third kappa shape index (κ3) is 2.17. The van der Waals surface area contributed by atoms with Gasteiger partial charge in [0.1, 0.15) is 5.82 Å². The highest BCUT2D eigenvalue weighted by molar-refractivity contribution is 5.80. The Bertz CT molecular complexity index is 433. The summed E-state index contributed by atoms with van der Waals surface area (Å²) in [4.78, 5) is 13.6. The Kier molecular flexibility index (Phi) is 3.15. The molecule has 1 aliphatic rings. The largest absolute Gasteiger partial charge is 0.332 e. The molecule has 0 aromatic heterocycles. The molecule has 2 atom stereocenters. The molecule has 92 valence electrons. The average molecular weight is 236 g/mol. The predicted molar refractivity (Wildman–Crippen MR) is 63.7 cm³/mol. The van der Waals surface area contributed by atoms with Crippen molar-refractivity contribution < 1.29 is 9.18 Å². The number of carbonyl (C=O) groups excluding carboxylic acids is 1. The number of nitrogens with zero attached hydrogens (tertiary/aromatic N) is 1. The first-order valence-corrected chi connectivity index (χ1v) is 5.83. The van der Waals surface area contributed by atoms with E-state index < -0.39 is 0 Å². The van der Waals surface area contributed by atoms with Gasteiger partial charge in [0.05, 0.1) is 6.04 Å². The molecule has 1 aliphatic heterocycles. The van der Waals surface area contributed by atoms with Crippen molar-refractivity contribution in [3.8, 4) is 0 Å². The second-order valence-electron chi connectivity index (χ2n) is 4.76. The molecule has 0 radical (unpaired) electrons. The normalized spacial score (nSPS) is 24.8. The SMILES string of the molecule is CC(C)N1C(=O)CC(N)C1c1cccc(F)c1. The fourth-order valence-electron chi connectivity index (χ4n) is 2.49. The number of carbonyl (C=O) groups is 1. The fraction of sp³-hybridized carbons (Fsp3) is 0.462. The number of amides is 1. The van der Waals surface area contributed by atoms with Gasteiger partial charge < -0.3 is 10.6 Å². The second kappa shape index (κ2) is 4.45. The monoisotopic (exact) mass is 236 g/mol. The van der Waals surface area contributed by atoms with Crippen molar-refractivity contribution in [2.24, 2.45) is 5.73 Å². The smallest absolute Gasteiger partial charge is 0.225 e. The Labute approximate surface area is 100 Å². The number of hydrogen-bond donors (Lipinski definition) is 1. The summed E-state index contributed by atoms with van der Waals surface area (Å²) in [6.45, 7) is 3.89. The number of halogens is 1. The standard InChI is InChI=1S/C13H17FN2O/c1-8(2)16-12(17)7-11(15)13(16)9-4-3-5-10(14)6-9/h3-6,8,11,13H,7,15H2,1-2H3. The quantitative estimate of drug-likeness (QED) is 0.851. The van der Waals surface area contributed by atoms with Crippen molar-refractivity contribution >= 4 is 5.91 Å². The Morgan fingerprint density at radius 2 is 2.18 bits per heavy atom. The molecule has 2 unspecified atom stereocenters. The van der Waals surface area contributed by atoms with Crippen LogP contribution in [-0.2, 0) is 4.79 Å². The lowest BCUT2D eigenvalue weighted by atomic mass is 10.00. The van der Waals surface area contributed by atoms with Gasteiger partial charge in [0.2, 0.25) is 5.91 Å². The van der Waals surface area contributed by atoms with Crippen LogP contribution in [-0.4, -0.2) is 22.9 Å². The maximum atomic E-state index is 13.2. The zero-order valence-corrected chi connectivity index (χ0v) is 10.1. The van der Waals surface area contributed by atoms with Crippen LogP contribution in [0, 0.1) is 5.82 Å². The first-order valence-electron chi connectivity index (χ1n) is 5.83. The van der Waals surface area contributed by atoms with E-state index in [1.807, 2.05) is 19.9 Å². The maximum Gasteiger partial charge on any atom is 0.225 e. The lowest BCUT2D eigenvalue weighted by Crippen LogP contribution is -2.37. The molecular weight excluding hydrogens is 219 g/mol. The minimum absolute atomic E-state index is 0.0433. The number of nitrogens with two attached hydrogens (primary N) is 1. The van der Waals surface area contributed by atoms with E-state index in [2.05, 4.69) is 0 Å². The second-order valence-corrected chi connectivity index (χ2v) is 4.76. The Balaban J connectivity index is 2.38. The van der Waals surface area contributed by atoms with Gasteiger partial charge in [-0.05, 0) is 31.5 Å². The molecule has 0 spiro atoms. The molecule has 4 heteroatoms. The minimum Gasteiger partial charge on any atom is -0.332 e. The summed E-state index contributed by atoms with van der Waals surface area (Å²) in [6, 6.07) is 5.93. The average Bonchev–Trinajstić information content (AvgIpc) is 2.53. The number of benzene rings is 1. The molecule has 3 nitrogen and oxygen atoms in total. The molecule has 1 fully saturated rings. The highest BCUT2D eigenvalue weighted by atomic mass is 19.1. The van der Waals surface area contributed by atoms with Crippen LogP contribution in [0.5, 0.6) is 0 Å². The molecule has 1 aromatic carbocycles. The van der Waals surface area contributed by atoms with Crippen LogP contribution in [0.1, 0.15) is 31.9 Å². The Morgan fingerprint density at radius 3 is 2.76 bits per heavy atom. The molecule has 2 rings (SSSR count). The van der Waals surface area contributed by atoms with Gasteiger partial charge in [-0.2, -0.15) is 0 Å². The van der Waals surface area contributed by atoms with Gasteiger partial charge in [0.25, 0.3) is 0 Å². The summed E-state index contributed by atoms with van der Waals surface area (Å²) in [5.74, 6) is -0.250. The molecular formula is C13H17FN2O. The summed E-state index contributed by atoms with van der Waals surface area (Å²) in [6.07, 6.45) is 0.333. The molecule has 1 aromatic rings. The van der Waals surface area contributed by atoms with E-state index >= 15 is 0 Å². The van der Waals surface area contributed by atoms with Crippen LogP contribution in [0.2, 0.25) is 0 Å². The van der Waals surface area contributed by atoms with Crippen molar-refractivity contribution in [3.05, 3.63) is 35.6 Å². The highest BCUT2D eigenvalue weighted by Crippen LogP contribution is 2.33. The maximum absolute atomic E-state index is 13.2. The van der Waals surface area contributed by atoms with E-state index in [-0.39, 0.29) is 29.8 Å². The van der Waals surface area contributed by atoms with Crippen LogP contribution < -0.4 is 5.73 Å². The van der Waals surface area contributed by atoms with Crippen molar-refractivity contribution in [1.29, 1.82) is 0 Å². The molecule has 0 aliphatic carbocycles. The summed E-state index contributed by atoms with van der Waals surface area (Å²) < 4.78 is 13.2. The van der Waals surface area contributed by atoms with Crippen LogP contribution in [0.3, 0.4) is 0 Å². The van der Waals surface area contributed by atoms with E-state index in [0.29, 0.717) is 6.42 Å². The third-order valence-corrected chi connectivity index (χ3v) is 3.15. The van der Waals surface area contributed by atoms with E-state index in [0.717, 1.165) is 5.56 Å². The van der Waals surface area contributed by atoms with Gasteiger partial charge in [-0.15, -0.1) is 0 Å². The molecule has 1 saturated heterocycles. The minimum atomic E-state index is -0.294. The predicted octanol–water partition coefficient (Wildman–Crippen LogP) is 1.83. The topological polar surface area (TPSA) is 46.3 Å². The fourth-order valence-corrected chi connectivity index (χ4v) is 2.49. The van der Waals surface area contributed by atoms with Crippen LogP contribution in [0.4, 0.5) is 4.39 Å². The van der Waals surface area contributed by atoms with Crippen LogP contribution in [0.25, 0.3) is 0 Å². The third-order valence-electron chi connectivity index (χ3n) is 3.15. The molecule has 0 saturated carbocycles. The Morgan fingerprint density at radius 1 is 1.47 bits per heavy atom. The molecule has 0 bridgehead atoms. The van der Waals surface area contributed by atoms with Gasteiger partial charge in [-0.3, -0.25) is 4.79 Å². The molecule has 1 heterocycles. The highest BCUT2D eigenvalue weighted by Gasteiger charge is 2.39. The van der Waals surface area contributed by atoms with Crippen LogP contribution >= 0.6 is 0 Å². The van der Waals surface area contributed by atoms with E-state index in [9.17, 15) is 9.18 Å². The zero-order chi connectivity index (χ0) is 12.6. The van der Waals surface area contributed by atoms with Crippen LogP contribution in [0.15, 0.2) is 24.3 Å². The van der Waals surface area contributed by atoms with E-state index in [1.165, 1.54) is 12.1 Å². The van der Waals surface area contributed by atoms with Gasteiger partial charge in [0.15, 0.2) is 0 Å². The Hall–Kier alpha value is -1.42. The summed E-state index contributed by atoms with van der Waals surface area (Å²) >= 11 is 0. The lowest BCUT2D eigenvalue weighted by Gasteiger charge is -2.30. The number of hydrogen-bond acceptors (Lipinski definition) is 2. The molecule has 2 N–H and O–H groups in total.